The fourth-order valence-corrected chi connectivity index (χ4v) is 2.45. The Morgan fingerprint density at radius 3 is 2.38 bits per heavy atom. The van der Waals surface area contributed by atoms with Gasteiger partial charge >= 0.3 is 0 Å². The van der Waals surface area contributed by atoms with Crippen LogP contribution in [-0.4, -0.2) is 9.78 Å². The van der Waals surface area contributed by atoms with Crippen molar-refractivity contribution in [2.24, 2.45) is 0 Å². The van der Waals surface area contributed by atoms with Gasteiger partial charge in [0.15, 0.2) is 0 Å². The third-order valence-electron chi connectivity index (χ3n) is 3.33. The number of aryl methyl sites for hydroxylation is 1. The van der Waals surface area contributed by atoms with Crippen molar-refractivity contribution < 1.29 is 0 Å². The fraction of sp³-hybridized carbons (Fsp3) is 0.111. The molecular formula is C18H16ClN2. The van der Waals surface area contributed by atoms with E-state index in [-0.39, 0.29) is 0 Å². The van der Waals surface area contributed by atoms with Gasteiger partial charge < -0.3 is 0 Å². The summed E-state index contributed by atoms with van der Waals surface area (Å²) in [5.74, 6) is 0. The highest BCUT2D eigenvalue weighted by molar-refractivity contribution is 6.30. The first-order chi connectivity index (χ1) is 10.3. The van der Waals surface area contributed by atoms with E-state index in [0.29, 0.717) is 0 Å². The van der Waals surface area contributed by atoms with E-state index in [1.807, 2.05) is 47.1 Å². The molecule has 105 valence electrons. The van der Waals surface area contributed by atoms with Crippen molar-refractivity contribution in [2.45, 2.75) is 12.8 Å². The van der Waals surface area contributed by atoms with Crippen LogP contribution in [0.3, 0.4) is 0 Å². The maximum absolute atomic E-state index is 5.98. The Labute approximate surface area is 130 Å². The van der Waals surface area contributed by atoms with E-state index in [0.717, 1.165) is 40.5 Å². The van der Waals surface area contributed by atoms with Crippen molar-refractivity contribution in [3.05, 3.63) is 78.3 Å². The smallest absolute Gasteiger partial charge is 0.0743 e. The number of para-hydroxylation sites is 1. The molecule has 21 heavy (non-hydrogen) atoms. The number of benzene rings is 2. The van der Waals surface area contributed by atoms with Crippen molar-refractivity contribution in [2.75, 3.05) is 0 Å². The second kappa shape index (κ2) is 6.15. The lowest BCUT2D eigenvalue weighted by atomic mass is 10.1. The lowest BCUT2D eigenvalue weighted by Gasteiger charge is -2.07. The zero-order valence-corrected chi connectivity index (χ0v) is 12.4. The minimum absolute atomic E-state index is 0.738. The molecule has 0 aliphatic heterocycles. The van der Waals surface area contributed by atoms with Crippen LogP contribution in [0, 0.1) is 6.92 Å². The van der Waals surface area contributed by atoms with Crippen LogP contribution in [-0.2, 0) is 6.42 Å². The van der Waals surface area contributed by atoms with Crippen LogP contribution < -0.4 is 0 Å². The van der Waals surface area contributed by atoms with E-state index in [1.54, 1.807) is 0 Å². The van der Waals surface area contributed by atoms with Gasteiger partial charge in [0.05, 0.1) is 17.1 Å². The molecular weight excluding hydrogens is 280 g/mol. The quantitative estimate of drug-likeness (QED) is 0.665. The molecule has 2 nitrogen and oxygen atoms in total. The van der Waals surface area contributed by atoms with Gasteiger partial charge in [-0.2, -0.15) is 5.10 Å². The highest BCUT2D eigenvalue weighted by Crippen LogP contribution is 2.25. The SMILES string of the molecule is [CH2]CCc1cc(-c2ccc(Cl)cc2)n(-c2ccccc2)n1. The molecule has 1 heterocycles. The highest BCUT2D eigenvalue weighted by Gasteiger charge is 2.11. The summed E-state index contributed by atoms with van der Waals surface area (Å²) in [6.45, 7) is 3.91. The molecule has 0 saturated carbocycles. The van der Waals surface area contributed by atoms with E-state index < -0.39 is 0 Å². The van der Waals surface area contributed by atoms with Gasteiger partial charge in [-0.15, -0.1) is 0 Å². The average molecular weight is 296 g/mol. The Kier molecular flexibility index (Phi) is 4.07. The molecule has 0 aliphatic rings. The molecule has 2 aromatic carbocycles. The first-order valence-electron chi connectivity index (χ1n) is 6.97. The topological polar surface area (TPSA) is 17.8 Å². The normalized spacial score (nSPS) is 10.8. The van der Waals surface area contributed by atoms with Crippen molar-refractivity contribution >= 4 is 11.6 Å². The number of hydrogen-bond donors (Lipinski definition) is 0. The molecule has 0 unspecified atom stereocenters. The van der Waals surface area contributed by atoms with Crippen LogP contribution in [0.5, 0.6) is 0 Å². The van der Waals surface area contributed by atoms with E-state index >= 15 is 0 Å². The Balaban J connectivity index is 2.11. The summed E-state index contributed by atoms with van der Waals surface area (Å²) in [6, 6.07) is 20.1. The number of nitrogens with zero attached hydrogens (tertiary/aromatic N) is 2. The zero-order chi connectivity index (χ0) is 14.7. The van der Waals surface area contributed by atoms with E-state index in [2.05, 4.69) is 25.1 Å². The van der Waals surface area contributed by atoms with Crippen molar-refractivity contribution in [1.82, 2.24) is 9.78 Å². The van der Waals surface area contributed by atoms with Crippen molar-refractivity contribution in [3.8, 4) is 16.9 Å². The third-order valence-corrected chi connectivity index (χ3v) is 3.59. The van der Waals surface area contributed by atoms with Gasteiger partial charge in [-0.1, -0.05) is 48.9 Å². The second-order valence-corrected chi connectivity index (χ2v) is 5.32. The van der Waals surface area contributed by atoms with Crippen LogP contribution in [0.25, 0.3) is 16.9 Å². The molecule has 0 aliphatic carbocycles. The first-order valence-corrected chi connectivity index (χ1v) is 7.35. The molecule has 3 heteroatoms. The predicted molar refractivity (Wildman–Crippen MR) is 87.7 cm³/mol. The molecule has 0 fully saturated rings. The third kappa shape index (κ3) is 3.01. The standard InChI is InChI=1S/C18H16ClN2/c1-2-6-16-13-18(14-9-11-15(19)12-10-14)21(20-16)17-7-4-3-5-8-17/h3-5,7-13H,1-2,6H2. The Morgan fingerprint density at radius 2 is 1.71 bits per heavy atom. The maximum atomic E-state index is 5.98. The fourth-order valence-electron chi connectivity index (χ4n) is 2.33. The summed E-state index contributed by atoms with van der Waals surface area (Å²) < 4.78 is 1.98. The lowest BCUT2D eigenvalue weighted by Crippen LogP contribution is -1.99. The summed E-state index contributed by atoms with van der Waals surface area (Å²) in [7, 11) is 0. The van der Waals surface area contributed by atoms with Crippen LogP contribution in [0.2, 0.25) is 5.02 Å². The van der Waals surface area contributed by atoms with Crippen LogP contribution in [0.1, 0.15) is 12.1 Å². The molecule has 0 bridgehead atoms. The summed E-state index contributed by atoms with van der Waals surface area (Å²) in [6.07, 6.45) is 1.71. The van der Waals surface area contributed by atoms with Gasteiger partial charge in [0.25, 0.3) is 0 Å². The first kappa shape index (κ1) is 13.9. The minimum atomic E-state index is 0.738. The van der Waals surface area contributed by atoms with E-state index in [1.165, 1.54) is 0 Å². The van der Waals surface area contributed by atoms with Crippen molar-refractivity contribution in [3.63, 3.8) is 0 Å². The summed E-state index contributed by atoms with van der Waals surface area (Å²) in [5, 5.41) is 5.45. The van der Waals surface area contributed by atoms with Crippen molar-refractivity contribution in [1.29, 1.82) is 0 Å². The number of rotatable bonds is 4. The average Bonchev–Trinajstić information content (AvgIpc) is 2.93. The predicted octanol–water partition coefficient (Wildman–Crippen LogP) is 4.96. The van der Waals surface area contributed by atoms with Gasteiger partial charge in [-0.05, 0) is 43.2 Å². The summed E-state index contributed by atoms with van der Waals surface area (Å²) >= 11 is 5.98. The molecule has 0 N–H and O–H groups in total. The largest absolute Gasteiger partial charge is 0.233 e. The molecule has 0 saturated heterocycles. The molecule has 0 amide bonds. The summed E-state index contributed by atoms with van der Waals surface area (Å²) in [5.41, 5.74) is 4.28. The van der Waals surface area contributed by atoms with Crippen LogP contribution in [0.15, 0.2) is 60.7 Å². The van der Waals surface area contributed by atoms with E-state index in [4.69, 9.17) is 16.7 Å². The number of halogens is 1. The van der Waals surface area contributed by atoms with Crippen LogP contribution in [0.4, 0.5) is 0 Å². The molecule has 3 rings (SSSR count). The van der Waals surface area contributed by atoms with Gasteiger partial charge in [0.1, 0.15) is 0 Å². The summed E-state index contributed by atoms with van der Waals surface area (Å²) in [4.78, 5) is 0. The monoisotopic (exact) mass is 295 g/mol. The Bertz CT molecular complexity index is 715. The number of hydrogen-bond acceptors (Lipinski definition) is 1. The highest BCUT2D eigenvalue weighted by atomic mass is 35.5. The van der Waals surface area contributed by atoms with Gasteiger partial charge in [0.2, 0.25) is 0 Å². The maximum Gasteiger partial charge on any atom is 0.0743 e. The molecule has 1 aromatic heterocycles. The zero-order valence-electron chi connectivity index (χ0n) is 11.7. The molecule has 1 radical (unpaired) electrons. The van der Waals surface area contributed by atoms with Gasteiger partial charge in [-0.3, -0.25) is 0 Å². The van der Waals surface area contributed by atoms with E-state index in [9.17, 15) is 0 Å². The Hall–Kier alpha value is -2.06. The Morgan fingerprint density at radius 1 is 1.00 bits per heavy atom. The lowest BCUT2D eigenvalue weighted by molar-refractivity contribution is 0.828. The molecule has 0 spiro atoms. The van der Waals surface area contributed by atoms with Gasteiger partial charge in [-0.25, -0.2) is 4.68 Å². The second-order valence-electron chi connectivity index (χ2n) is 4.88. The van der Waals surface area contributed by atoms with Gasteiger partial charge in [0, 0.05) is 10.6 Å². The van der Waals surface area contributed by atoms with Crippen LogP contribution >= 0.6 is 11.6 Å². The number of aromatic nitrogens is 2. The molecule has 3 aromatic rings. The molecule has 0 atom stereocenters. The minimum Gasteiger partial charge on any atom is -0.233 e.